The van der Waals surface area contributed by atoms with E-state index in [1.165, 1.54) is 26.4 Å². The van der Waals surface area contributed by atoms with Crippen LogP contribution in [0.15, 0.2) is 30.6 Å². The van der Waals surface area contributed by atoms with Gasteiger partial charge in [0.1, 0.15) is 17.0 Å². The lowest BCUT2D eigenvalue weighted by molar-refractivity contribution is 0.0466. The van der Waals surface area contributed by atoms with Gasteiger partial charge < -0.3 is 9.47 Å². The van der Waals surface area contributed by atoms with Crippen molar-refractivity contribution in [1.29, 1.82) is 0 Å². The monoisotopic (exact) mass is 509 g/mol. The van der Waals surface area contributed by atoms with Gasteiger partial charge in [-0.2, -0.15) is 0 Å². The Balaban J connectivity index is 1.93. The van der Waals surface area contributed by atoms with Gasteiger partial charge in [-0.05, 0) is 25.8 Å². The first kappa shape index (κ1) is 25.8. The Morgan fingerprint density at radius 3 is 2.53 bits per heavy atom. The van der Waals surface area contributed by atoms with Gasteiger partial charge >= 0.3 is 0 Å². The third-order valence-corrected chi connectivity index (χ3v) is 6.79. The first-order valence-corrected chi connectivity index (χ1v) is 12.8. The summed E-state index contributed by atoms with van der Waals surface area (Å²) in [6, 6.07) is 5.25. The van der Waals surface area contributed by atoms with Crippen LogP contribution in [0.3, 0.4) is 0 Å². The first-order valence-electron chi connectivity index (χ1n) is 10.9. The van der Waals surface area contributed by atoms with Crippen molar-refractivity contribution in [3.05, 3.63) is 41.4 Å². The smallest absolute Gasteiger partial charge is 0.240 e. The highest BCUT2D eigenvalue weighted by Gasteiger charge is 2.35. The number of anilines is 1. The lowest BCUT2D eigenvalue weighted by atomic mass is 10.2. The summed E-state index contributed by atoms with van der Waals surface area (Å²) in [4.78, 5) is 12.7. The molecule has 3 rings (SSSR count). The molecule has 3 heterocycles. The molecule has 0 saturated carbocycles. The van der Waals surface area contributed by atoms with Crippen LogP contribution in [0.1, 0.15) is 45.5 Å². The van der Waals surface area contributed by atoms with Gasteiger partial charge in [0, 0.05) is 31.6 Å². The number of aromatic nitrogens is 6. The summed E-state index contributed by atoms with van der Waals surface area (Å²) in [5.41, 5.74) is 0.512. The van der Waals surface area contributed by atoms with Gasteiger partial charge in [-0.1, -0.05) is 31.5 Å². The van der Waals surface area contributed by atoms with Crippen LogP contribution in [0.25, 0.3) is 11.5 Å². The summed E-state index contributed by atoms with van der Waals surface area (Å²) in [5, 5.41) is 7.58. The molecule has 0 aliphatic rings. The van der Waals surface area contributed by atoms with E-state index < -0.39 is 21.4 Å². The van der Waals surface area contributed by atoms with E-state index >= 15 is 0 Å². The zero-order valence-electron chi connectivity index (χ0n) is 19.5. The molecule has 0 unspecified atom stereocenters. The molecule has 3 aromatic rings. The second-order valence-electron chi connectivity index (χ2n) is 7.47. The second kappa shape index (κ2) is 11.5. The van der Waals surface area contributed by atoms with Gasteiger partial charge in [0.05, 0.1) is 12.1 Å². The molecule has 1 N–H and O–H groups in total. The Kier molecular flexibility index (Phi) is 8.75. The fraction of sp³-hybridized carbons (Fsp3) is 0.476. The van der Waals surface area contributed by atoms with Crippen molar-refractivity contribution >= 4 is 27.6 Å². The number of hydrogen-bond acceptors (Lipinski definition) is 9. The Bertz CT molecular complexity index is 1190. The van der Waals surface area contributed by atoms with Crippen LogP contribution in [0.2, 0.25) is 5.02 Å². The number of rotatable bonds is 12. The van der Waals surface area contributed by atoms with Crippen molar-refractivity contribution in [3.63, 3.8) is 0 Å². The lowest BCUT2D eigenvalue weighted by Gasteiger charge is -2.23. The second-order valence-corrected chi connectivity index (χ2v) is 9.94. The van der Waals surface area contributed by atoms with Crippen molar-refractivity contribution in [1.82, 2.24) is 29.7 Å². The van der Waals surface area contributed by atoms with Gasteiger partial charge in [0.25, 0.3) is 0 Å². The Hall–Kier alpha value is -2.83. The number of methoxy groups -OCH3 is 1. The molecule has 0 radical (unpaired) electrons. The highest BCUT2D eigenvalue weighted by molar-refractivity contribution is 7.93. The number of halogens is 1. The van der Waals surface area contributed by atoms with E-state index in [1.807, 2.05) is 13.8 Å². The van der Waals surface area contributed by atoms with Crippen molar-refractivity contribution in [2.24, 2.45) is 0 Å². The van der Waals surface area contributed by atoms with Gasteiger partial charge in [0.2, 0.25) is 21.9 Å². The third-order valence-electron chi connectivity index (χ3n) is 4.91. The maximum Gasteiger partial charge on any atom is 0.240 e. The Morgan fingerprint density at radius 2 is 1.88 bits per heavy atom. The van der Waals surface area contributed by atoms with Crippen molar-refractivity contribution in [2.75, 3.05) is 18.4 Å². The molecule has 184 valence electrons. The molecular weight excluding hydrogens is 482 g/mol. The highest BCUT2D eigenvalue weighted by Crippen LogP contribution is 2.27. The number of nitrogens with zero attached hydrogens (tertiary/aromatic N) is 6. The SMILES string of the molecule is CCCO[C@@H](c1ncc(Cl)cn1)[C@H](C)S(=O)(=O)Nc1nnc(-c2cccc(OC)n2)n1CCC. The molecule has 0 saturated heterocycles. The highest BCUT2D eigenvalue weighted by atomic mass is 35.5. The summed E-state index contributed by atoms with van der Waals surface area (Å²) in [6.07, 6.45) is 3.33. The molecule has 0 aromatic carbocycles. The van der Waals surface area contributed by atoms with Crippen LogP contribution in [0.4, 0.5) is 5.95 Å². The molecule has 13 heteroatoms. The molecule has 0 aliphatic heterocycles. The zero-order valence-corrected chi connectivity index (χ0v) is 21.0. The minimum Gasteiger partial charge on any atom is -0.481 e. The van der Waals surface area contributed by atoms with Crippen LogP contribution in [0.5, 0.6) is 5.88 Å². The maximum absolute atomic E-state index is 13.4. The average molecular weight is 510 g/mol. The predicted molar refractivity (Wildman–Crippen MR) is 128 cm³/mol. The maximum atomic E-state index is 13.4. The van der Waals surface area contributed by atoms with Crippen LogP contribution in [-0.2, 0) is 21.3 Å². The van der Waals surface area contributed by atoms with Gasteiger partial charge in [0.15, 0.2) is 11.6 Å². The summed E-state index contributed by atoms with van der Waals surface area (Å²) >= 11 is 5.89. The van der Waals surface area contributed by atoms with Gasteiger partial charge in [-0.25, -0.2) is 23.4 Å². The lowest BCUT2D eigenvalue weighted by Crippen LogP contribution is -2.34. The molecule has 3 aromatic heterocycles. The fourth-order valence-corrected chi connectivity index (χ4v) is 4.39. The quantitative estimate of drug-likeness (QED) is 0.389. The molecule has 34 heavy (non-hydrogen) atoms. The minimum atomic E-state index is -3.98. The molecule has 0 fully saturated rings. The Morgan fingerprint density at radius 1 is 1.15 bits per heavy atom. The summed E-state index contributed by atoms with van der Waals surface area (Å²) in [5.74, 6) is 1.15. The number of pyridine rings is 1. The number of ether oxygens (including phenoxy) is 2. The minimum absolute atomic E-state index is 0.0829. The topological polar surface area (TPSA) is 134 Å². The molecule has 0 amide bonds. The summed E-state index contributed by atoms with van der Waals surface area (Å²) in [6.45, 7) is 6.25. The Labute approximate surface area is 204 Å². The molecule has 2 atom stereocenters. The predicted octanol–water partition coefficient (Wildman–Crippen LogP) is 3.50. The molecule has 0 bridgehead atoms. The molecule has 0 spiro atoms. The first-order chi connectivity index (χ1) is 16.3. The van der Waals surface area contributed by atoms with Crippen LogP contribution >= 0.6 is 11.6 Å². The van der Waals surface area contributed by atoms with Crippen LogP contribution in [0, 0.1) is 0 Å². The molecule has 11 nitrogen and oxygen atoms in total. The van der Waals surface area contributed by atoms with Crippen molar-refractivity contribution in [3.8, 4) is 17.4 Å². The van der Waals surface area contributed by atoms with E-state index in [0.29, 0.717) is 42.0 Å². The van der Waals surface area contributed by atoms with E-state index in [0.717, 1.165) is 6.42 Å². The van der Waals surface area contributed by atoms with Crippen LogP contribution < -0.4 is 9.46 Å². The van der Waals surface area contributed by atoms with Gasteiger partial charge in [-0.3, -0.25) is 9.29 Å². The fourth-order valence-electron chi connectivity index (χ4n) is 3.17. The molecule has 0 aliphatic carbocycles. The standard InChI is InChI=1S/C21H28ClN7O4S/c1-5-10-29-20(16-8-7-9-17(25-16)32-4)26-27-21(29)28-34(30,31)14(3)18(33-11-6-2)19-23-12-15(22)13-24-19/h7-9,12-14,18H,5-6,10-11H2,1-4H3,(H,27,28)/t14-,18+/m0/s1. The number of nitrogens with one attached hydrogen (secondary N) is 1. The van der Waals surface area contributed by atoms with E-state index in [4.69, 9.17) is 21.1 Å². The average Bonchev–Trinajstić information content (AvgIpc) is 3.22. The zero-order chi connectivity index (χ0) is 24.7. The van der Waals surface area contributed by atoms with E-state index in [1.54, 1.807) is 22.8 Å². The summed E-state index contributed by atoms with van der Waals surface area (Å²) in [7, 11) is -2.46. The molecular formula is C21H28ClN7O4S. The van der Waals surface area contributed by atoms with E-state index in [-0.39, 0.29) is 11.8 Å². The van der Waals surface area contributed by atoms with Gasteiger partial charge in [-0.15, -0.1) is 10.2 Å². The van der Waals surface area contributed by atoms with Crippen molar-refractivity contribution < 1.29 is 17.9 Å². The van der Waals surface area contributed by atoms with E-state index in [9.17, 15) is 8.42 Å². The van der Waals surface area contributed by atoms with Crippen LogP contribution in [-0.4, -0.2) is 57.1 Å². The summed E-state index contributed by atoms with van der Waals surface area (Å²) < 4.78 is 42.0. The van der Waals surface area contributed by atoms with Crippen molar-refractivity contribution in [2.45, 2.75) is 51.5 Å². The number of sulfonamides is 1. The number of hydrogen-bond donors (Lipinski definition) is 1. The normalized spacial score (nSPS) is 13.4. The largest absolute Gasteiger partial charge is 0.481 e. The van der Waals surface area contributed by atoms with E-state index in [2.05, 4.69) is 29.9 Å². The third kappa shape index (κ3) is 5.99.